The number of carbonyl (C=O) groups excluding carboxylic acids is 1. The smallest absolute Gasteiger partial charge is 0.255 e. The summed E-state index contributed by atoms with van der Waals surface area (Å²) in [5.74, 6) is 2.41. The maximum absolute atomic E-state index is 13.3. The van der Waals surface area contributed by atoms with Gasteiger partial charge in [-0.15, -0.1) is 23.1 Å². The standard InChI is InChI=1S/C25H26N4O3S2.C2H6/c1-17-13-18(27-32-17)16-33-22-6-4-3-5-20(22)25(30)29-11-9-28(10-12-29)15-24-26-21-8-7-19(31-2)14-23(21)34-24;1-2/h3-8,13-14H,9-12,15-16H2,1-2H3;1-2H3. The van der Waals surface area contributed by atoms with E-state index >= 15 is 0 Å². The van der Waals surface area contributed by atoms with Crippen molar-refractivity contribution in [1.82, 2.24) is 19.9 Å². The molecule has 7 nitrogen and oxygen atoms in total. The number of nitrogens with zero attached hydrogens (tertiary/aromatic N) is 4. The number of amides is 1. The Bertz CT molecular complexity index is 1300. The van der Waals surface area contributed by atoms with Gasteiger partial charge in [0.15, 0.2) is 0 Å². The topological polar surface area (TPSA) is 71.7 Å². The Labute approximate surface area is 220 Å². The molecule has 1 fully saturated rings. The zero-order valence-corrected chi connectivity index (χ0v) is 22.8. The predicted octanol–water partition coefficient (Wildman–Crippen LogP) is 5.88. The lowest BCUT2D eigenvalue weighted by atomic mass is 10.2. The fourth-order valence-electron chi connectivity index (χ4n) is 4.02. The van der Waals surface area contributed by atoms with Crippen LogP contribution in [-0.4, -0.2) is 59.1 Å². The molecule has 190 valence electrons. The number of thiazole rings is 1. The summed E-state index contributed by atoms with van der Waals surface area (Å²) in [5.41, 5.74) is 2.64. The van der Waals surface area contributed by atoms with E-state index in [1.165, 1.54) is 0 Å². The lowest BCUT2D eigenvalue weighted by Gasteiger charge is -2.34. The number of ether oxygens (including phenoxy) is 1. The van der Waals surface area contributed by atoms with Crippen LogP contribution in [0.1, 0.15) is 40.7 Å². The van der Waals surface area contributed by atoms with Crippen molar-refractivity contribution in [2.45, 2.75) is 38.0 Å². The van der Waals surface area contributed by atoms with Crippen molar-refractivity contribution in [2.75, 3.05) is 33.3 Å². The molecule has 2 aromatic heterocycles. The molecule has 2 aromatic carbocycles. The minimum absolute atomic E-state index is 0.0890. The van der Waals surface area contributed by atoms with Gasteiger partial charge in [0.2, 0.25) is 0 Å². The van der Waals surface area contributed by atoms with Crippen molar-refractivity contribution in [2.24, 2.45) is 0 Å². The first-order valence-electron chi connectivity index (χ1n) is 12.2. The van der Waals surface area contributed by atoms with Crippen LogP contribution in [0.15, 0.2) is 57.9 Å². The summed E-state index contributed by atoms with van der Waals surface area (Å²) in [5, 5.41) is 5.14. The largest absolute Gasteiger partial charge is 0.497 e. The molecule has 0 bridgehead atoms. The lowest BCUT2D eigenvalue weighted by molar-refractivity contribution is 0.0625. The van der Waals surface area contributed by atoms with Crippen LogP contribution >= 0.6 is 23.1 Å². The van der Waals surface area contributed by atoms with Gasteiger partial charge in [0.1, 0.15) is 16.5 Å². The number of aryl methyl sites for hydroxylation is 1. The summed E-state index contributed by atoms with van der Waals surface area (Å²) < 4.78 is 11.6. The fourth-order valence-corrected chi connectivity index (χ4v) is 5.99. The molecule has 3 heterocycles. The average Bonchev–Trinajstić information content (AvgIpc) is 3.53. The maximum atomic E-state index is 13.3. The van der Waals surface area contributed by atoms with E-state index < -0.39 is 0 Å². The predicted molar refractivity (Wildman–Crippen MR) is 146 cm³/mol. The number of fused-ring (bicyclic) bond motifs is 1. The molecule has 36 heavy (non-hydrogen) atoms. The highest BCUT2D eigenvalue weighted by Crippen LogP contribution is 2.29. The van der Waals surface area contributed by atoms with E-state index in [2.05, 4.69) is 10.1 Å². The van der Waals surface area contributed by atoms with Crippen LogP contribution in [0, 0.1) is 6.92 Å². The molecule has 9 heteroatoms. The third kappa shape index (κ3) is 6.27. The molecule has 1 aliphatic heterocycles. The molecule has 1 saturated heterocycles. The molecule has 0 saturated carbocycles. The highest BCUT2D eigenvalue weighted by molar-refractivity contribution is 7.98. The highest BCUT2D eigenvalue weighted by Gasteiger charge is 2.24. The van der Waals surface area contributed by atoms with Crippen LogP contribution in [0.25, 0.3) is 10.2 Å². The van der Waals surface area contributed by atoms with Gasteiger partial charge in [0.25, 0.3) is 5.91 Å². The van der Waals surface area contributed by atoms with Gasteiger partial charge in [-0.1, -0.05) is 31.1 Å². The van der Waals surface area contributed by atoms with E-state index in [1.54, 1.807) is 30.2 Å². The molecule has 0 unspecified atom stereocenters. The van der Waals surface area contributed by atoms with Gasteiger partial charge in [-0.3, -0.25) is 9.69 Å². The number of benzene rings is 2. The minimum Gasteiger partial charge on any atom is -0.497 e. The van der Waals surface area contributed by atoms with Crippen LogP contribution in [0.3, 0.4) is 0 Å². The van der Waals surface area contributed by atoms with Crippen molar-refractivity contribution in [1.29, 1.82) is 0 Å². The van der Waals surface area contributed by atoms with Gasteiger partial charge in [-0.05, 0) is 37.3 Å². The Kier molecular flexibility index (Phi) is 9.01. The van der Waals surface area contributed by atoms with E-state index in [4.69, 9.17) is 14.2 Å². The molecule has 5 rings (SSSR count). The monoisotopic (exact) mass is 524 g/mol. The zero-order valence-electron chi connectivity index (χ0n) is 21.2. The molecular weight excluding hydrogens is 492 g/mol. The Morgan fingerprint density at radius 1 is 1.11 bits per heavy atom. The third-order valence-corrected chi connectivity index (χ3v) is 7.94. The fraction of sp³-hybridized carbons (Fsp3) is 0.370. The summed E-state index contributed by atoms with van der Waals surface area (Å²) >= 11 is 3.32. The molecular formula is C27H32N4O3S2. The number of rotatable bonds is 7. The number of thioether (sulfide) groups is 1. The Hall–Kier alpha value is -2.88. The van der Waals surface area contributed by atoms with Gasteiger partial charge in [0.05, 0.1) is 35.1 Å². The first-order valence-corrected chi connectivity index (χ1v) is 14.0. The molecule has 0 aliphatic carbocycles. The summed E-state index contributed by atoms with van der Waals surface area (Å²) in [4.78, 5) is 23.4. The van der Waals surface area contributed by atoms with Crippen LogP contribution in [0.4, 0.5) is 0 Å². The number of hydrogen-bond donors (Lipinski definition) is 0. The van der Waals surface area contributed by atoms with Crippen LogP contribution < -0.4 is 4.74 Å². The Balaban J connectivity index is 0.00000148. The van der Waals surface area contributed by atoms with Crippen molar-refractivity contribution >= 4 is 39.2 Å². The van der Waals surface area contributed by atoms with E-state index in [1.807, 2.05) is 74.2 Å². The van der Waals surface area contributed by atoms with Gasteiger partial charge in [-0.25, -0.2) is 4.98 Å². The lowest BCUT2D eigenvalue weighted by Crippen LogP contribution is -2.48. The van der Waals surface area contributed by atoms with Crippen molar-refractivity contribution in [3.8, 4) is 5.75 Å². The second-order valence-electron chi connectivity index (χ2n) is 8.22. The zero-order chi connectivity index (χ0) is 25.5. The maximum Gasteiger partial charge on any atom is 0.255 e. The Morgan fingerprint density at radius 3 is 2.61 bits per heavy atom. The molecule has 0 N–H and O–H groups in total. The molecule has 0 spiro atoms. The van der Waals surface area contributed by atoms with Gasteiger partial charge >= 0.3 is 0 Å². The number of hydrogen-bond acceptors (Lipinski definition) is 8. The normalized spacial score (nSPS) is 13.9. The van der Waals surface area contributed by atoms with Crippen molar-refractivity contribution in [3.63, 3.8) is 0 Å². The first kappa shape index (κ1) is 26.2. The molecule has 1 amide bonds. The van der Waals surface area contributed by atoms with E-state index in [0.29, 0.717) is 18.8 Å². The second kappa shape index (κ2) is 12.4. The highest BCUT2D eigenvalue weighted by atomic mass is 32.2. The second-order valence-corrected chi connectivity index (χ2v) is 10.4. The number of piperazine rings is 1. The van der Waals surface area contributed by atoms with Gasteiger partial charge < -0.3 is 14.2 Å². The molecule has 4 aromatic rings. The van der Waals surface area contributed by atoms with Crippen LogP contribution in [0.5, 0.6) is 5.75 Å². The third-order valence-electron chi connectivity index (χ3n) is 5.83. The van der Waals surface area contributed by atoms with E-state index in [-0.39, 0.29) is 5.91 Å². The average molecular weight is 525 g/mol. The number of carbonyl (C=O) groups is 1. The number of aromatic nitrogens is 2. The summed E-state index contributed by atoms with van der Waals surface area (Å²) in [6.45, 7) is 9.76. The summed E-state index contributed by atoms with van der Waals surface area (Å²) in [6, 6.07) is 15.7. The SMILES string of the molecule is CC.COc1ccc2nc(CN3CCN(C(=O)c4ccccc4SCc4cc(C)on4)CC3)sc2c1. The van der Waals surface area contributed by atoms with E-state index in [9.17, 15) is 4.79 Å². The van der Waals surface area contributed by atoms with Gasteiger partial charge in [-0.2, -0.15) is 0 Å². The van der Waals surface area contributed by atoms with Crippen LogP contribution in [-0.2, 0) is 12.3 Å². The minimum atomic E-state index is 0.0890. The van der Waals surface area contributed by atoms with Gasteiger partial charge in [0, 0.05) is 42.9 Å². The summed E-state index contributed by atoms with van der Waals surface area (Å²) in [7, 11) is 1.68. The molecule has 1 aliphatic rings. The number of methoxy groups -OCH3 is 1. The molecule has 0 atom stereocenters. The quantitative estimate of drug-likeness (QED) is 0.280. The van der Waals surface area contributed by atoms with Crippen molar-refractivity contribution < 1.29 is 14.1 Å². The summed E-state index contributed by atoms with van der Waals surface area (Å²) in [6.07, 6.45) is 0. The first-order chi connectivity index (χ1) is 17.6. The van der Waals surface area contributed by atoms with Crippen LogP contribution in [0.2, 0.25) is 0 Å². The van der Waals surface area contributed by atoms with Crippen molar-refractivity contribution in [3.05, 3.63) is 70.6 Å². The van der Waals surface area contributed by atoms with E-state index in [0.717, 1.165) is 62.5 Å². The Morgan fingerprint density at radius 2 is 1.89 bits per heavy atom. The molecule has 0 radical (unpaired) electrons.